The van der Waals surface area contributed by atoms with Crippen LogP contribution in [0.25, 0.3) is 0 Å². The van der Waals surface area contributed by atoms with Crippen molar-refractivity contribution in [1.29, 1.82) is 0 Å². The zero-order valence-electron chi connectivity index (χ0n) is 19.0. The van der Waals surface area contributed by atoms with Crippen LogP contribution in [0.4, 0.5) is 4.39 Å². The molecule has 0 aromatic heterocycles. The first-order valence-electron chi connectivity index (χ1n) is 11.5. The molecule has 4 nitrogen and oxygen atoms in total. The van der Waals surface area contributed by atoms with Gasteiger partial charge in [0.1, 0.15) is 11.9 Å². The third-order valence-corrected chi connectivity index (χ3v) is 5.95. The molecule has 1 atom stereocenters. The summed E-state index contributed by atoms with van der Waals surface area (Å²) >= 11 is 0. The fourth-order valence-electron chi connectivity index (χ4n) is 3.73. The lowest BCUT2D eigenvalue weighted by molar-refractivity contribution is 0.149. The average Bonchev–Trinajstić information content (AvgIpc) is 3.16. The van der Waals surface area contributed by atoms with Gasteiger partial charge in [-0.15, -0.1) is 0 Å². The summed E-state index contributed by atoms with van der Waals surface area (Å²) in [6.45, 7) is 4.02. The molecule has 1 unspecified atom stereocenters. The Balaban J connectivity index is 0.000000201. The smallest absolute Gasteiger partial charge is 0.287 e. The van der Waals surface area contributed by atoms with Crippen LogP contribution in [-0.4, -0.2) is 55.7 Å². The number of hydrogen-bond donors (Lipinski definition) is 0. The van der Waals surface area contributed by atoms with E-state index in [9.17, 15) is 4.39 Å². The topological polar surface area (TPSA) is 28.1 Å². The van der Waals surface area contributed by atoms with Crippen LogP contribution in [0, 0.1) is 5.82 Å². The van der Waals surface area contributed by atoms with Crippen LogP contribution < -0.4 is 0 Å². The Labute approximate surface area is 186 Å². The van der Waals surface area contributed by atoms with E-state index >= 15 is 0 Å². The highest BCUT2D eigenvalue weighted by atomic mass is 19.1. The molecule has 0 N–H and O–H groups in total. The van der Waals surface area contributed by atoms with E-state index in [0.29, 0.717) is 0 Å². The quantitative estimate of drug-likeness (QED) is 0.468. The second-order valence-electron chi connectivity index (χ2n) is 8.45. The molecular weight excluding hydrogens is 389 g/mol. The fourth-order valence-corrected chi connectivity index (χ4v) is 3.73. The number of fused-ring (bicyclic) bond motifs is 1. The Bertz CT molecular complexity index is 803. The molecule has 168 valence electrons. The molecule has 5 heteroatoms. The third kappa shape index (κ3) is 7.66. The van der Waals surface area contributed by atoms with Gasteiger partial charge in [0.25, 0.3) is 6.02 Å². The Hall–Kier alpha value is -2.40. The number of likely N-dealkylation sites (N-methyl/N-ethyl adjacent to an activating group) is 1. The zero-order chi connectivity index (χ0) is 21.9. The summed E-state index contributed by atoms with van der Waals surface area (Å²) in [7, 11) is 3.97. The minimum Gasteiger partial charge on any atom is -0.460 e. The molecule has 0 spiro atoms. The van der Waals surface area contributed by atoms with Crippen molar-refractivity contribution in [2.24, 2.45) is 4.99 Å². The van der Waals surface area contributed by atoms with Gasteiger partial charge in [-0.1, -0.05) is 68.1 Å². The Morgan fingerprint density at radius 3 is 2.10 bits per heavy atom. The molecule has 31 heavy (non-hydrogen) atoms. The van der Waals surface area contributed by atoms with Crippen molar-refractivity contribution in [2.45, 2.75) is 51.2 Å². The van der Waals surface area contributed by atoms with Gasteiger partial charge in [-0.2, -0.15) is 0 Å². The molecule has 2 fully saturated rings. The number of halogens is 1. The lowest BCUT2D eigenvalue weighted by atomic mass is 10.0. The van der Waals surface area contributed by atoms with Crippen LogP contribution in [0.15, 0.2) is 59.6 Å². The fraction of sp³-hybridized carbons (Fsp3) is 0.500. The minimum atomic E-state index is -0.178. The van der Waals surface area contributed by atoms with Crippen LogP contribution >= 0.6 is 0 Å². The number of ether oxygens (including phenoxy) is 1. The van der Waals surface area contributed by atoms with Gasteiger partial charge < -0.3 is 14.5 Å². The molecule has 1 aliphatic carbocycles. The number of rotatable bonds is 1. The largest absolute Gasteiger partial charge is 0.460 e. The molecule has 0 amide bonds. The van der Waals surface area contributed by atoms with Crippen molar-refractivity contribution in [3.05, 3.63) is 71.5 Å². The summed E-state index contributed by atoms with van der Waals surface area (Å²) in [6.07, 6.45) is 8.46. The van der Waals surface area contributed by atoms with Gasteiger partial charge in [-0.3, -0.25) is 0 Å². The number of benzene rings is 2. The van der Waals surface area contributed by atoms with Gasteiger partial charge in [0.2, 0.25) is 0 Å². The van der Waals surface area contributed by atoms with E-state index in [1.54, 1.807) is 18.2 Å². The molecule has 2 aliphatic heterocycles. The summed E-state index contributed by atoms with van der Waals surface area (Å²) in [5, 5.41) is 0. The van der Waals surface area contributed by atoms with Crippen molar-refractivity contribution in [2.75, 3.05) is 33.7 Å². The normalized spacial score (nSPS) is 20.4. The number of amidine groups is 1. The van der Waals surface area contributed by atoms with Crippen molar-refractivity contribution in [1.82, 2.24) is 9.80 Å². The first kappa shape index (κ1) is 23.3. The molecule has 1 saturated heterocycles. The van der Waals surface area contributed by atoms with Gasteiger partial charge in [-0.05, 0) is 43.1 Å². The van der Waals surface area contributed by atoms with Crippen LogP contribution in [0.3, 0.4) is 0 Å². The minimum absolute atomic E-state index is 0.178. The van der Waals surface area contributed by atoms with Crippen LogP contribution in [0.1, 0.15) is 43.2 Å². The average molecular weight is 426 g/mol. The van der Waals surface area contributed by atoms with E-state index in [-0.39, 0.29) is 11.9 Å². The van der Waals surface area contributed by atoms with E-state index in [1.165, 1.54) is 48.9 Å². The Morgan fingerprint density at radius 1 is 0.935 bits per heavy atom. The van der Waals surface area contributed by atoms with E-state index < -0.39 is 0 Å². The van der Waals surface area contributed by atoms with Crippen LogP contribution in [0.2, 0.25) is 0 Å². The standard InChI is InChI=1S/C16H23N3O.C6H5F.C4H8/c1-17-16(20-15-8-9-18(2)12-15)19-10-7-13-5-3-4-6-14(13)11-19;7-6-4-2-1-3-5-6;1-2-4-3-1/h3-6,15H,7-12H2,1-2H3;1-5H;1-4H2. The number of aliphatic imine (C=N–C) groups is 1. The molecule has 5 rings (SSSR count). The maximum absolute atomic E-state index is 11.9. The number of likely N-dealkylation sites (tertiary alicyclic amines) is 1. The first-order chi connectivity index (χ1) is 15.2. The Morgan fingerprint density at radius 2 is 1.58 bits per heavy atom. The van der Waals surface area contributed by atoms with E-state index in [1.807, 2.05) is 7.05 Å². The highest BCUT2D eigenvalue weighted by Crippen LogP contribution is 2.20. The van der Waals surface area contributed by atoms with Crippen molar-refractivity contribution in [3.8, 4) is 0 Å². The van der Waals surface area contributed by atoms with Gasteiger partial charge in [0.05, 0.1) is 0 Å². The van der Waals surface area contributed by atoms with Gasteiger partial charge in [0, 0.05) is 33.2 Å². The third-order valence-electron chi connectivity index (χ3n) is 5.95. The van der Waals surface area contributed by atoms with Crippen molar-refractivity contribution in [3.63, 3.8) is 0 Å². The summed E-state index contributed by atoms with van der Waals surface area (Å²) in [5.74, 6) is -0.178. The molecule has 2 heterocycles. The monoisotopic (exact) mass is 425 g/mol. The highest BCUT2D eigenvalue weighted by molar-refractivity contribution is 5.74. The van der Waals surface area contributed by atoms with Crippen molar-refractivity contribution >= 4 is 6.02 Å². The molecule has 2 aromatic carbocycles. The Kier molecular flexibility index (Phi) is 9.35. The highest BCUT2D eigenvalue weighted by Gasteiger charge is 2.26. The molecular formula is C26H36FN3O. The van der Waals surface area contributed by atoms with Crippen LogP contribution in [0.5, 0.6) is 0 Å². The lowest BCUT2D eigenvalue weighted by Gasteiger charge is -2.31. The number of hydrogen-bond acceptors (Lipinski definition) is 3. The molecule has 3 aliphatic rings. The van der Waals surface area contributed by atoms with E-state index in [2.05, 4.69) is 46.1 Å². The maximum atomic E-state index is 11.9. The lowest BCUT2D eigenvalue weighted by Crippen LogP contribution is -2.39. The summed E-state index contributed by atoms with van der Waals surface area (Å²) in [4.78, 5) is 8.95. The molecule has 0 bridgehead atoms. The van der Waals surface area contributed by atoms with Gasteiger partial charge in [0.15, 0.2) is 0 Å². The van der Waals surface area contributed by atoms with E-state index in [4.69, 9.17) is 4.74 Å². The van der Waals surface area contributed by atoms with E-state index in [0.717, 1.165) is 45.0 Å². The first-order valence-corrected chi connectivity index (χ1v) is 11.5. The van der Waals surface area contributed by atoms with Crippen molar-refractivity contribution < 1.29 is 9.13 Å². The van der Waals surface area contributed by atoms with Gasteiger partial charge in [-0.25, -0.2) is 9.38 Å². The summed E-state index contributed by atoms with van der Waals surface area (Å²) in [6, 6.07) is 17.4. The van der Waals surface area contributed by atoms with Crippen LogP contribution in [-0.2, 0) is 17.7 Å². The second-order valence-corrected chi connectivity index (χ2v) is 8.45. The zero-order valence-corrected chi connectivity index (χ0v) is 19.0. The predicted molar refractivity (Wildman–Crippen MR) is 126 cm³/mol. The second kappa shape index (κ2) is 12.5. The summed E-state index contributed by atoms with van der Waals surface area (Å²) < 4.78 is 18.0. The molecule has 0 radical (unpaired) electrons. The predicted octanol–water partition coefficient (Wildman–Crippen LogP) is 5.14. The molecule has 1 saturated carbocycles. The molecule has 2 aromatic rings. The maximum Gasteiger partial charge on any atom is 0.287 e. The van der Waals surface area contributed by atoms with Gasteiger partial charge >= 0.3 is 0 Å². The SMILES string of the molecule is C1CCC1.CN=C(OC1CCN(C)C1)N1CCc2ccccc2C1.Fc1ccccc1. The summed E-state index contributed by atoms with van der Waals surface area (Å²) in [5.41, 5.74) is 2.85. The number of nitrogens with zero attached hydrogens (tertiary/aromatic N) is 3.